The van der Waals surface area contributed by atoms with E-state index in [0.29, 0.717) is 6.42 Å². The highest BCUT2D eigenvalue weighted by molar-refractivity contribution is 5.24. The largest absolute Gasteiger partial charge is 0.314 e. The molecule has 0 aliphatic heterocycles. The van der Waals surface area contributed by atoms with Crippen molar-refractivity contribution in [1.29, 1.82) is 0 Å². The highest BCUT2D eigenvalue weighted by Gasteiger charge is 2.12. The van der Waals surface area contributed by atoms with Crippen LogP contribution in [-0.4, -0.2) is 12.6 Å². The molecule has 1 unspecified atom stereocenters. The van der Waals surface area contributed by atoms with Crippen molar-refractivity contribution in [3.8, 4) is 0 Å². The van der Waals surface area contributed by atoms with Gasteiger partial charge in [0.15, 0.2) is 0 Å². The van der Waals surface area contributed by atoms with Crippen LogP contribution in [0, 0.1) is 12.7 Å². The quantitative estimate of drug-likeness (QED) is 0.840. The summed E-state index contributed by atoms with van der Waals surface area (Å²) in [6.45, 7) is 5.08. The molecule has 0 spiro atoms. The van der Waals surface area contributed by atoms with Crippen molar-refractivity contribution in [3.63, 3.8) is 0 Å². The first-order chi connectivity index (χ1) is 9.69. The van der Waals surface area contributed by atoms with Crippen molar-refractivity contribution in [1.82, 2.24) is 5.32 Å². The van der Waals surface area contributed by atoms with Gasteiger partial charge in [-0.2, -0.15) is 0 Å². The van der Waals surface area contributed by atoms with E-state index >= 15 is 0 Å². The molecule has 20 heavy (non-hydrogen) atoms. The number of halogens is 1. The number of nitrogens with one attached hydrogen (secondary N) is 1. The number of hydrogen-bond donors (Lipinski definition) is 1. The Morgan fingerprint density at radius 3 is 2.55 bits per heavy atom. The molecule has 1 atom stereocenters. The molecular weight excluding hydrogens is 249 g/mol. The summed E-state index contributed by atoms with van der Waals surface area (Å²) in [5, 5.41) is 3.46. The van der Waals surface area contributed by atoms with E-state index in [9.17, 15) is 4.39 Å². The summed E-state index contributed by atoms with van der Waals surface area (Å²) in [7, 11) is 0. The number of benzene rings is 2. The maximum Gasteiger partial charge on any atom is 0.126 e. The third-order valence-electron chi connectivity index (χ3n) is 3.48. The maximum atomic E-state index is 13.8. The molecule has 0 radical (unpaired) electrons. The first-order valence-electron chi connectivity index (χ1n) is 7.21. The molecule has 2 aromatic carbocycles. The van der Waals surface area contributed by atoms with Gasteiger partial charge in [0, 0.05) is 6.04 Å². The Morgan fingerprint density at radius 2 is 1.85 bits per heavy atom. The summed E-state index contributed by atoms with van der Waals surface area (Å²) in [4.78, 5) is 0. The van der Waals surface area contributed by atoms with Crippen LogP contribution in [0.5, 0.6) is 0 Å². The molecule has 0 saturated carbocycles. The van der Waals surface area contributed by atoms with Gasteiger partial charge in [-0.15, -0.1) is 0 Å². The number of hydrogen-bond acceptors (Lipinski definition) is 1. The normalized spacial score (nSPS) is 12.3. The van der Waals surface area contributed by atoms with Gasteiger partial charge in [-0.05, 0) is 43.5 Å². The summed E-state index contributed by atoms with van der Waals surface area (Å²) in [6.07, 6.45) is 1.64. The van der Waals surface area contributed by atoms with Crippen LogP contribution < -0.4 is 5.32 Å². The average Bonchev–Trinajstić information content (AvgIpc) is 2.42. The van der Waals surface area contributed by atoms with Gasteiger partial charge in [-0.25, -0.2) is 4.39 Å². The summed E-state index contributed by atoms with van der Waals surface area (Å²) >= 11 is 0. The van der Waals surface area contributed by atoms with Crippen molar-refractivity contribution in [2.75, 3.05) is 6.54 Å². The Hall–Kier alpha value is -1.67. The molecule has 0 bridgehead atoms. The fourth-order valence-electron chi connectivity index (χ4n) is 2.56. The van der Waals surface area contributed by atoms with Crippen LogP contribution in [0.4, 0.5) is 4.39 Å². The molecule has 0 aliphatic rings. The van der Waals surface area contributed by atoms with Crippen LogP contribution in [0.1, 0.15) is 23.6 Å². The van der Waals surface area contributed by atoms with E-state index in [1.54, 1.807) is 6.07 Å². The van der Waals surface area contributed by atoms with E-state index in [1.807, 2.05) is 12.1 Å². The lowest BCUT2D eigenvalue weighted by Crippen LogP contribution is -2.33. The molecule has 0 aliphatic carbocycles. The molecule has 2 rings (SSSR count). The van der Waals surface area contributed by atoms with Gasteiger partial charge in [0.2, 0.25) is 0 Å². The van der Waals surface area contributed by atoms with Crippen molar-refractivity contribution >= 4 is 0 Å². The number of rotatable bonds is 6. The Labute approximate surface area is 120 Å². The molecule has 2 heteroatoms. The fourth-order valence-corrected chi connectivity index (χ4v) is 2.56. The monoisotopic (exact) mass is 271 g/mol. The van der Waals surface area contributed by atoms with Gasteiger partial charge in [-0.1, -0.05) is 55.0 Å². The second-order valence-electron chi connectivity index (χ2n) is 5.24. The van der Waals surface area contributed by atoms with Crippen LogP contribution in [0.15, 0.2) is 48.5 Å². The Bertz CT molecular complexity index is 551. The zero-order valence-corrected chi connectivity index (χ0v) is 12.2. The minimum Gasteiger partial charge on any atom is -0.314 e. The molecular formula is C18H22FN. The SMILES string of the molecule is CCNC(Cc1cccc(C)c1)Cc1ccccc1F. The lowest BCUT2D eigenvalue weighted by Gasteiger charge is -2.18. The maximum absolute atomic E-state index is 13.8. The van der Waals surface area contributed by atoms with Crippen molar-refractivity contribution in [2.24, 2.45) is 0 Å². The highest BCUT2D eigenvalue weighted by Crippen LogP contribution is 2.13. The predicted octanol–water partition coefficient (Wildman–Crippen LogP) is 3.90. The Kier molecular flexibility index (Phi) is 5.31. The fraction of sp³-hybridized carbons (Fsp3) is 0.333. The standard InChI is InChI=1S/C18H22FN/c1-3-20-17(12-15-8-6-7-14(2)11-15)13-16-9-4-5-10-18(16)19/h4-11,17,20H,3,12-13H2,1-2H3. The summed E-state index contributed by atoms with van der Waals surface area (Å²) in [5.74, 6) is -0.111. The molecule has 0 aromatic heterocycles. The van der Waals surface area contributed by atoms with Gasteiger partial charge in [0.05, 0.1) is 0 Å². The molecule has 0 amide bonds. The zero-order valence-electron chi connectivity index (χ0n) is 12.2. The third kappa shape index (κ3) is 4.17. The number of likely N-dealkylation sites (N-methyl/N-ethyl adjacent to an activating group) is 1. The van der Waals surface area contributed by atoms with Crippen LogP contribution in [0.25, 0.3) is 0 Å². The minimum absolute atomic E-state index is 0.111. The first kappa shape index (κ1) is 14.7. The van der Waals surface area contributed by atoms with Gasteiger partial charge in [-0.3, -0.25) is 0 Å². The second kappa shape index (κ2) is 7.20. The van der Waals surface area contributed by atoms with Crippen LogP contribution in [0.3, 0.4) is 0 Å². The van der Waals surface area contributed by atoms with Gasteiger partial charge >= 0.3 is 0 Å². The predicted molar refractivity (Wildman–Crippen MR) is 82.5 cm³/mol. The molecule has 0 fully saturated rings. The summed E-state index contributed by atoms with van der Waals surface area (Å²) in [5.41, 5.74) is 3.35. The molecule has 0 heterocycles. The zero-order chi connectivity index (χ0) is 14.4. The Morgan fingerprint density at radius 1 is 1.05 bits per heavy atom. The lowest BCUT2D eigenvalue weighted by atomic mass is 9.98. The summed E-state index contributed by atoms with van der Waals surface area (Å²) < 4.78 is 13.8. The molecule has 1 nitrogen and oxygen atoms in total. The average molecular weight is 271 g/mol. The first-order valence-corrected chi connectivity index (χ1v) is 7.21. The van der Waals surface area contributed by atoms with Crippen molar-refractivity contribution in [3.05, 3.63) is 71.0 Å². The van der Waals surface area contributed by atoms with Crippen molar-refractivity contribution in [2.45, 2.75) is 32.7 Å². The highest BCUT2D eigenvalue weighted by atomic mass is 19.1. The third-order valence-corrected chi connectivity index (χ3v) is 3.48. The lowest BCUT2D eigenvalue weighted by molar-refractivity contribution is 0.506. The molecule has 106 valence electrons. The minimum atomic E-state index is -0.111. The van der Waals surface area contributed by atoms with Gasteiger partial charge in [0.25, 0.3) is 0 Å². The topological polar surface area (TPSA) is 12.0 Å². The smallest absolute Gasteiger partial charge is 0.126 e. The van der Waals surface area contributed by atoms with Gasteiger partial charge < -0.3 is 5.32 Å². The second-order valence-corrected chi connectivity index (χ2v) is 5.24. The molecule has 1 N–H and O–H groups in total. The van der Waals surface area contributed by atoms with Crippen LogP contribution >= 0.6 is 0 Å². The molecule has 0 saturated heterocycles. The van der Waals surface area contributed by atoms with E-state index in [4.69, 9.17) is 0 Å². The van der Waals surface area contributed by atoms with Gasteiger partial charge in [0.1, 0.15) is 5.82 Å². The van der Waals surface area contributed by atoms with E-state index in [0.717, 1.165) is 18.5 Å². The van der Waals surface area contributed by atoms with E-state index in [2.05, 4.69) is 43.4 Å². The number of aryl methyl sites for hydroxylation is 1. The van der Waals surface area contributed by atoms with Crippen LogP contribution in [-0.2, 0) is 12.8 Å². The van der Waals surface area contributed by atoms with E-state index in [-0.39, 0.29) is 11.9 Å². The van der Waals surface area contributed by atoms with Crippen molar-refractivity contribution < 1.29 is 4.39 Å². The molecule has 2 aromatic rings. The Balaban J connectivity index is 2.09. The van der Waals surface area contributed by atoms with E-state index in [1.165, 1.54) is 17.2 Å². The van der Waals surface area contributed by atoms with Crippen LogP contribution in [0.2, 0.25) is 0 Å². The summed E-state index contributed by atoms with van der Waals surface area (Å²) in [6, 6.07) is 15.8. The van der Waals surface area contributed by atoms with E-state index < -0.39 is 0 Å².